The first-order chi connectivity index (χ1) is 51.2. The van der Waals surface area contributed by atoms with Crippen molar-refractivity contribution in [1.29, 1.82) is 0 Å². The Morgan fingerprint density at radius 3 is 0.846 bits per heavy atom. The summed E-state index contributed by atoms with van der Waals surface area (Å²) in [5, 5.41) is 0. The highest BCUT2D eigenvalue weighted by Gasteiger charge is 2.46. The molecule has 0 amide bonds. The van der Waals surface area contributed by atoms with Gasteiger partial charge in [-0.25, -0.2) is 4.90 Å². The molecule has 5 aliphatic rings. The van der Waals surface area contributed by atoms with Crippen LogP contribution in [0.25, 0.3) is 77.9 Å². The molecule has 5 aliphatic heterocycles. The maximum Gasteiger partial charge on any atom is 0.252 e. The highest BCUT2D eigenvalue weighted by molar-refractivity contribution is 7.00. The number of benzene rings is 14. The third-order valence-electron chi connectivity index (χ3n) is 20.4. The van der Waals surface area contributed by atoms with Crippen LogP contribution in [0.2, 0.25) is 0 Å². The minimum atomic E-state index is -0.287. The molecular formula is C94H66BN9. The molecule has 0 saturated carbocycles. The van der Waals surface area contributed by atoms with Crippen molar-refractivity contribution in [3.63, 3.8) is 0 Å². The average Bonchev–Trinajstić information content (AvgIpc) is 0.688. The van der Waals surface area contributed by atoms with Crippen LogP contribution in [0, 0.1) is 0 Å². The lowest BCUT2D eigenvalue weighted by molar-refractivity contribution is 0.591. The van der Waals surface area contributed by atoms with Crippen molar-refractivity contribution in [1.82, 2.24) is 4.90 Å². The van der Waals surface area contributed by atoms with Gasteiger partial charge in [-0.2, -0.15) is 30.0 Å². The summed E-state index contributed by atoms with van der Waals surface area (Å²) in [7, 11) is 0. The van der Waals surface area contributed by atoms with Crippen molar-refractivity contribution in [2.24, 2.45) is 30.0 Å². The summed E-state index contributed by atoms with van der Waals surface area (Å²) in [6.07, 6.45) is 0. The van der Waals surface area contributed by atoms with Gasteiger partial charge in [0.15, 0.2) is 17.5 Å². The third kappa shape index (κ3) is 10.8. The molecule has 490 valence electrons. The molecule has 14 aromatic rings. The second kappa shape index (κ2) is 25.3. The maximum absolute atomic E-state index is 5.46. The second-order valence-electron chi connectivity index (χ2n) is 27.8. The van der Waals surface area contributed by atoms with Gasteiger partial charge >= 0.3 is 0 Å². The van der Waals surface area contributed by atoms with Gasteiger partial charge in [-0.15, -0.1) is 0 Å². The van der Waals surface area contributed by atoms with Gasteiger partial charge in [0.25, 0.3) is 6.71 Å². The quantitative estimate of drug-likeness (QED) is 0.114. The summed E-state index contributed by atoms with van der Waals surface area (Å²) in [5.74, 6) is 2.55. The summed E-state index contributed by atoms with van der Waals surface area (Å²) in [6.45, 7) is 6.70. The molecule has 0 fully saturated rings. The van der Waals surface area contributed by atoms with E-state index in [-0.39, 0.29) is 12.1 Å². The first kappa shape index (κ1) is 61.6. The van der Waals surface area contributed by atoms with E-state index in [1.54, 1.807) is 4.90 Å². The summed E-state index contributed by atoms with van der Waals surface area (Å²) in [6, 6.07) is 125. The molecule has 5 heterocycles. The number of rotatable bonds is 12. The van der Waals surface area contributed by atoms with Crippen molar-refractivity contribution in [2.45, 2.75) is 26.2 Å². The number of hydrogen-bond donors (Lipinski definition) is 0. The van der Waals surface area contributed by atoms with Crippen molar-refractivity contribution < 1.29 is 0 Å². The smallest absolute Gasteiger partial charge is 0.252 e. The van der Waals surface area contributed by atoms with Crippen LogP contribution in [0.1, 0.15) is 43.0 Å². The Labute approximate surface area is 605 Å². The number of guanidine groups is 3. The standard InChI is InChI=1S/C94H66BN9/c1-94(2,3)74-59-77(66-41-23-9-24-42-66)87(78(60-74)67-43-25-10-26-44-67)103-82-52-50-71(62-33-15-5-16-34-62)56-80(82)95-79-55-70(61-31-13-4-14-32-61)49-51-81(79)102(83-57-72(58-84(103)85(83)95)63-35-17-6-18-36-63)86-75(64-37-19-7-20-38-64)53-73(54-76(86)65-39-21-8-22-40-65)90-100-92-98-88(68-45-27-11-28-46-68)96-91-97-89(69-47-29-12-30-48-69)99-93(101-90)104(91)92/h4-60H,1-3H3. The molecule has 0 aliphatic carbocycles. The number of anilines is 6. The number of hydrogen-bond acceptors (Lipinski definition) is 9. The first-order valence-electron chi connectivity index (χ1n) is 35.4. The average molecular weight is 1330 g/mol. The second-order valence-corrected chi connectivity index (χ2v) is 27.8. The Morgan fingerprint density at radius 2 is 0.519 bits per heavy atom. The zero-order valence-electron chi connectivity index (χ0n) is 57.5. The zero-order chi connectivity index (χ0) is 69.4. The van der Waals surface area contributed by atoms with E-state index in [1.807, 2.05) is 60.7 Å². The van der Waals surface area contributed by atoms with Gasteiger partial charge in [-0.05, 0) is 132 Å². The molecule has 14 aromatic carbocycles. The van der Waals surface area contributed by atoms with Gasteiger partial charge in [-0.1, -0.05) is 318 Å². The lowest BCUT2D eigenvalue weighted by Gasteiger charge is -2.46. The van der Waals surface area contributed by atoms with Crippen LogP contribution in [0.15, 0.2) is 376 Å². The molecule has 0 unspecified atom stereocenters. The maximum atomic E-state index is 5.46. The predicted octanol–water partition coefficient (Wildman–Crippen LogP) is 20.8. The van der Waals surface area contributed by atoms with E-state index >= 15 is 0 Å². The van der Waals surface area contributed by atoms with Crippen LogP contribution in [0.4, 0.5) is 34.1 Å². The van der Waals surface area contributed by atoms with Gasteiger partial charge in [0.05, 0.1) is 11.4 Å². The van der Waals surface area contributed by atoms with E-state index in [1.165, 1.54) is 22.0 Å². The molecule has 0 bridgehead atoms. The monoisotopic (exact) mass is 1330 g/mol. The van der Waals surface area contributed by atoms with E-state index in [0.717, 1.165) is 129 Å². The topological polar surface area (TPSA) is 83.9 Å². The molecule has 104 heavy (non-hydrogen) atoms. The highest BCUT2D eigenvalue weighted by Crippen LogP contribution is 2.55. The fraction of sp³-hybridized carbons (Fsp3) is 0.0426. The van der Waals surface area contributed by atoms with Crippen molar-refractivity contribution in [3.8, 4) is 77.9 Å². The van der Waals surface area contributed by atoms with E-state index < -0.39 is 0 Å². The summed E-state index contributed by atoms with van der Waals surface area (Å²) >= 11 is 0. The van der Waals surface area contributed by atoms with E-state index in [2.05, 4.69) is 316 Å². The highest BCUT2D eigenvalue weighted by atomic mass is 15.5. The van der Waals surface area contributed by atoms with Crippen LogP contribution < -0.4 is 26.2 Å². The van der Waals surface area contributed by atoms with Gasteiger partial charge in [0.1, 0.15) is 0 Å². The molecule has 10 heteroatoms. The Morgan fingerprint density at radius 1 is 0.231 bits per heavy atom. The number of amidine groups is 3. The molecule has 0 saturated heterocycles. The van der Waals surface area contributed by atoms with Crippen LogP contribution >= 0.6 is 0 Å². The molecule has 0 atom stereocenters. The molecule has 0 aromatic heterocycles. The van der Waals surface area contributed by atoms with E-state index in [9.17, 15) is 0 Å². The lowest BCUT2D eigenvalue weighted by Crippen LogP contribution is -2.61. The Hall–Kier alpha value is -13.4. The van der Waals surface area contributed by atoms with E-state index in [0.29, 0.717) is 35.4 Å². The fourth-order valence-electron chi connectivity index (χ4n) is 15.4. The molecule has 19 rings (SSSR count). The van der Waals surface area contributed by atoms with Gasteiger partial charge in [-0.3, -0.25) is 0 Å². The predicted molar refractivity (Wildman–Crippen MR) is 434 cm³/mol. The van der Waals surface area contributed by atoms with Crippen molar-refractivity contribution in [3.05, 3.63) is 368 Å². The SMILES string of the molecule is CC(C)(C)c1cc(-c2ccccc2)c(N2c3ccc(-c4ccccc4)cc3B3c4cc(-c5ccccc5)ccc4N(c4c(-c5ccccc5)cc(C5=NC6=NC(c7ccccc7)=NC7=NC(c8ccccc8)=NC(=N5)N76)cc4-c4ccccc4)c4cc(-c5ccccc5)cc2c43)c(-c2ccccc2)c1. The number of fused-ring (bicyclic) bond motifs is 4. The fourth-order valence-corrected chi connectivity index (χ4v) is 15.4. The third-order valence-corrected chi connectivity index (χ3v) is 20.4. The first-order valence-corrected chi connectivity index (χ1v) is 35.4. The summed E-state index contributed by atoms with van der Waals surface area (Å²) in [5.41, 5.74) is 28.6. The van der Waals surface area contributed by atoms with Gasteiger partial charge in [0, 0.05) is 61.7 Å². The molecule has 0 radical (unpaired) electrons. The minimum absolute atomic E-state index is 0.202. The Bertz CT molecular complexity index is 5760. The van der Waals surface area contributed by atoms with Crippen LogP contribution in [-0.2, 0) is 5.41 Å². The van der Waals surface area contributed by atoms with Crippen LogP contribution in [0.3, 0.4) is 0 Å². The van der Waals surface area contributed by atoms with Gasteiger partial charge in [0.2, 0.25) is 17.9 Å². The largest absolute Gasteiger partial charge is 0.310 e. The molecule has 0 N–H and O–H groups in total. The minimum Gasteiger partial charge on any atom is -0.310 e. The normalized spacial score (nSPS) is 14.0. The van der Waals surface area contributed by atoms with Gasteiger partial charge < -0.3 is 9.80 Å². The Kier molecular flexibility index (Phi) is 15.0. The molecule has 0 spiro atoms. The van der Waals surface area contributed by atoms with E-state index in [4.69, 9.17) is 30.0 Å². The van der Waals surface area contributed by atoms with Crippen LogP contribution in [-0.4, -0.2) is 47.0 Å². The summed E-state index contributed by atoms with van der Waals surface area (Å²) < 4.78 is 0. The number of nitrogens with zero attached hydrogens (tertiary/aromatic N) is 9. The van der Waals surface area contributed by atoms with Crippen molar-refractivity contribution in [2.75, 3.05) is 9.80 Å². The molecule has 9 nitrogen and oxygen atoms in total. The van der Waals surface area contributed by atoms with Crippen LogP contribution in [0.5, 0.6) is 0 Å². The summed E-state index contributed by atoms with van der Waals surface area (Å²) in [4.78, 5) is 38.5. The lowest BCUT2D eigenvalue weighted by atomic mass is 9.33. The van der Waals surface area contributed by atoms with Crippen molar-refractivity contribution >= 4 is 92.6 Å². The zero-order valence-corrected chi connectivity index (χ0v) is 57.5. The number of aliphatic imine (C=N–C) groups is 6. The molecular weight excluding hydrogens is 1270 g/mol. The Balaban J connectivity index is 0.945.